The third-order valence-electron chi connectivity index (χ3n) is 5.59. The van der Waals surface area contributed by atoms with E-state index in [2.05, 4.69) is 36.3 Å². The Morgan fingerprint density at radius 2 is 1.97 bits per heavy atom. The molecule has 1 saturated heterocycles. The Morgan fingerprint density at radius 3 is 2.56 bits per heavy atom. The number of benzene rings is 1. The van der Waals surface area contributed by atoms with Crippen molar-refractivity contribution in [1.82, 2.24) is 15.5 Å². The first-order valence-electron chi connectivity index (χ1n) is 10.3. The Bertz CT molecular complexity index is 853. The van der Waals surface area contributed by atoms with Crippen molar-refractivity contribution in [2.75, 3.05) is 20.2 Å². The third kappa shape index (κ3) is 5.74. The Morgan fingerprint density at radius 1 is 1.28 bits per heavy atom. The first-order valence-corrected chi connectivity index (χ1v) is 11.1. The molecule has 176 valence electrons. The summed E-state index contributed by atoms with van der Waals surface area (Å²) in [6.07, 6.45) is -1.40. The highest BCUT2D eigenvalue weighted by Gasteiger charge is 2.44. The Labute approximate surface area is 193 Å². The monoisotopic (exact) mass is 516 g/mol. The minimum Gasteiger partial charge on any atom is -0.453 e. The normalized spacial score (nSPS) is 23.8. The summed E-state index contributed by atoms with van der Waals surface area (Å²) < 4.78 is 36.1. The zero-order valence-electron chi connectivity index (χ0n) is 18.1. The lowest BCUT2D eigenvalue weighted by atomic mass is 10.0. The number of likely N-dealkylation sites (tertiary alicyclic amines) is 1. The van der Waals surface area contributed by atoms with Crippen molar-refractivity contribution in [2.24, 2.45) is 10.9 Å². The maximum atomic E-state index is 13.4. The van der Waals surface area contributed by atoms with Gasteiger partial charge in [0.05, 0.1) is 31.8 Å². The number of amidine groups is 1. The molecule has 0 saturated carbocycles. The van der Waals surface area contributed by atoms with E-state index < -0.39 is 36.8 Å². The van der Waals surface area contributed by atoms with E-state index in [1.807, 2.05) is 24.3 Å². The number of alkyl carbamates (subject to hydrolysis) is 1. The second kappa shape index (κ2) is 10.6. The summed E-state index contributed by atoms with van der Waals surface area (Å²) >= 11 is 3.41. The molecule has 8 nitrogen and oxygen atoms in total. The number of carbonyl (C=O) groups excluding carboxylic acids is 2. The molecule has 1 aromatic carbocycles. The van der Waals surface area contributed by atoms with E-state index in [1.165, 1.54) is 12.0 Å². The molecule has 4 atom stereocenters. The van der Waals surface area contributed by atoms with Gasteiger partial charge in [-0.2, -0.15) is 8.78 Å². The van der Waals surface area contributed by atoms with E-state index >= 15 is 0 Å². The van der Waals surface area contributed by atoms with E-state index in [0.29, 0.717) is 12.4 Å². The molecule has 1 fully saturated rings. The Hall–Kier alpha value is -2.27. The molecule has 2 amide bonds. The molecule has 0 aromatic heterocycles. The summed E-state index contributed by atoms with van der Waals surface area (Å²) in [6.45, 7) is 1.06. The minimum absolute atomic E-state index is 0.0242. The SMILES string of the molecule is COC(=O)N[C@H](C(=O)N1C[C@@H](OC(F)F)C[C@H]1C1=NCC(c2ccc(Br)cc2)N1)C(C)C. The van der Waals surface area contributed by atoms with Gasteiger partial charge in [-0.25, -0.2) is 4.79 Å². The quantitative estimate of drug-likeness (QED) is 0.580. The molecule has 0 spiro atoms. The maximum absolute atomic E-state index is 13.4. The molecular weight excluding hydrogens is 490 g/mol. The van der Waals surface area contributed by atoms with Crippen LogP contribution in [0.25, 0.3) is 0 Å². The fourth-order valence-electron chi connectivity index (χ4n) is 3.97. The van der Waals surface area contributed by atoms with Gasteiger partial charge >= 0.3 is 12.7 Å². The molecule has 0 bridgehead atoms. The number of carbonyl (C=O) groups is 2. The average molecular weight is 517 g/mol. The third-order valence-corrected chi connectivity index (χ3v) is 6.12. The van der Waals surface area contributed by atoms with E-state index in [1.54, 1.807) is 13.8 Å². The van der Waals surface area contributed by atoms with Crippen LogP contribution in [0.5, 0.6) is 0 Å². The van der Waals surface area contributed by atoms with Gasteiger partial charge in [0.15, 0.2) is 0 Å². The van der Waals surface area contributed by atoms with Gasteiger partial charge in [-0.1, -0.05) is 41.9 Å². The van der Waals surface area contributed by atoms with Gasteiger partial charge in [-0.3, -0.25) is 9.79 Å². The number of ether oxygens (including phenoxy) is 2. The molecule has 1 aromatic rings. The molecule has 0 radical (unpaired) electrons. The van der Waals surface area contributed by atoms with Gasteiger partial charge in [0.1, 0.15) is 11.9 Å². The summed E-state index contributed by atoms with van der Waals surface area (Å²) in [4.78, 5) is 31.1. The molecule has 2 aliphatic heterocycles. The molecule has 0 aliphatic carbocycles. The van der Waals surface area contributed by atoms with Gasteiger partial charge in [0.25, 0.3) is 0 Å². The zero-order chi connectivity index (χ0) is 23.4. The Balaban J connectivity index is 1.79. The molecule has 3 rings (SSSR count). The highest BCUT2D eigenvalue weighted by Crippen LogP contribution is 2.28. The molecule has 11 heteroatoms. The standard InChI is InChI=1S/C21H27BrF2N4O4/c1-11(2)17(27-21(30)31-3)19(29)28-10-14(32-20(23)24)8-16(28)18-25-9-15(26-18)12-4-6-13(22)7-5-12/h4-7,11,14-17,20H,8-10H2,1-3H3,(H,25,26)(H,27,30)/t14-,15?,16-,17-/m0/s1. The number of halogens is 3. The van der Waals surface area contributed by atoms with E-state index in [0.717, 1.165) is 10.0 Å². The van der Waals surface area contributed by atoms with Crippen LogP contribution in [0.2, 0.25) is 0 Å². The predicted molar refractivity (Wildman–Crippen MR) is 117 cm³/mol. The summed E-state index contributed by atoms with van der Waals surface area (Å²) in [6, 6.07) is 6.27. The van der Waals surface area contributed by atoms with Gasteiger partial charge in [0.2, 0.25) is 5.91 Å². The average Bonchev–Trinajstić information content (AvgIpc) is 3.38. The van der Waals surface area contributed by atoms with Gasteiger partial charge < -0.3 is 25.0 Å². The van der Waals surface area contributed by atoms with Crippen LogP contribution in [-0.4, -0.2) is 67.7 Å². The minimum atomic E-state index is -2.95. The lowest BCUT2D eigenvalue weighted by Crippen LogP contribution is -2.55. The maximum Gasteiger partial charge on any atom is 0.407 e. The number of alkyl halides is 2. The van der Waals surface area contributed by atoms with E-state index in [-0.39, 0.29) is 24.9 Å². The van der Waals surface area contributed by atoms with Gasteiger partial charge in [0, 0.05) is 17.4 Å². The van der Waals surface area contributed by atoms with Crippen LogP contribution in [0.1, 0.15) is 31.9 Å². The summed E-state index contributed by atoms with van der Waals surface area (Å²) in [7, 11) is 1.21. The van der Waals surface area contributed by atoms with Crippen LogP contribution in [0, 0.1) is 5.92 Å². The van der Waals surface area contributed by atoms with Crippen molar-refractivity contribution < 1.29 is 27.8 Å². The number of methoxy groups -OCH3 is 1. The first kappa shape index (κ1) is 24.4. The number of amides is 2. The number of rotatable bonds is 7. The van der Waals surface area contributed by atoms with Crippen molar-refractivity contribution in [3.63, 3.8) is 0 Å². The van der Waals surface area contributed by atoms with Crippen LogP contribution in [0.15, 0.2) is 33.7 Å². The van der Waals surface area contributed by atoms with Gasteiger partial charge in [-0.15, -0.1) is 0 Å². The lowest BCUT2D eigenvalue weighted by molar-refractivity contribution is -0.160. The first-order chi connectivity index (χ1) is 15.2. The molecule has 32 heavy (non-hydrogen) atoms. The fourth-order valence-corrected chi connectivity index (χ4v) is 4.23. The smallest absolute Gasteiger partial charge is 0.407 e. The van der Waals surface area contributed by atoms with Crippen molar-refractivity contribution >= 4 is 33.8 Å². The number of hydrogen-bond donors (Lipinski definition) is 2. The lowest BCUT2D eigenvalue weighted by Gasteiger charge is -2.31. The summed E-state index contributed by atoms with van der Waals surface area (Å²) in [5.74, 6) is -0.0918. The number of nitrogens with zero attached hydrogens (tertiary/aromatic N) is 2. The highest BCUT2D eigenvalue weighted by atomic mass is 79.9. The number of hydrogen-bond acceptors (Lipinski definition) is 6. The molecule has 1 unspecified atom stereocenters. The molecule has 2 heterocycles. The van der Waals surface area contributed by atoms with Crippen molar-refractivity contribution in [2.45, 2.75) is 51.1 Å². The fraction of sp³-hybridized carbons (Fsp3) is 0.571. The van der Waals surface area contributed by atoms with E-state index in [9.17, 15) is 18.4 Å². The van der Waals surface area contributed by atoms with Crippen molar-refractivity contribution in [3.05, 3.63) is 34.3 Å². The van der Waals surface area contributed by atoms with Gasteiger partial charge in [-0.05, 0) is 23.6 Å². The van der Waals surface area contributed by atoms with Crippen LogP contribution < -0.4 is 10.6 Å². The van der Waals surface area contributed by atoms with Crippen LogP contribution >= 0.6 is 15.9 Å². The zero-order valence-corrected chi connectivity index (χ0v) is 19.6. The van der Waals surface area contributed by atoms with Crippen LogP contribution in [-0.2, 0) is 14.3 Å². The second-order valence-electron chi connectivity index (χ2n) is 8.09. The molecular formula is C21H27BrF2N4O4. The second-order valence-corrected chi connectivity index (χ2v) is 9.01. The van der Waals surface area contributed by atoms with Crippen molar-refractivity contribution in [1.29, 1.82) is 0 Å². The van der Waals surface area contributed by atoms with Crippen molar-refractivity contribution in [3.8, 4) is 0 Å². The molecule has 2 aliphatic rings. The van der Waals surface area contributed by atoms with Crippen LogP contribution in [0.3, 0.4) is 0 Å². The highest BCUT2D eigenvalue weighted by molar-refractivity contribution is 9.10. The summed E-state index contributed by atoms with van der Waals surface area (Å²) in [5.41, 5.74) is 1.02. The topological polar surface area (TPSA) is 92.3 Å². The largest absolute Gasteiger partial charge is 0.453 e. The molecule has 2 N–H and O–H groups in total. The number of aliphatic imine (C=N–C) groups is 1. The van der Waals surface area contributed by atoms with E-state index in [4.69, 9.17) is 4.74 Å². The predicted octanol–water partition coefficient (Wildman–Crippen LogP) is 3.08. The van der Waals surface area contributed by atoms with Crippen LogP contribution in [0.4, 0.5) is 13.6 Å². The Kier molecular flexibility index (Phi) is 8.05. The summed E-state index contributed by atoms with van der Waals surface area (Å²) in [5, 5.41) is 5.88. The number of nitrogens with one attached hydrogen (secondary N) is 2.